The molecular weight excluding hydrogens is 479 g/mol. The van der Waals surface area contributed by atoms with Crippen molar-refractivity contribution in [3.8, 4) is 28.3 Å². The number of fused-ring (bicyclic) bond motifs is 1. The van der Waals surface area contributed by atoms with Gasteiger partial charge in [-0.3, -0.25) is 4.79 Å². The van der Waals surface area contributed by atoms with Gasteiger partial charge in [-0.15, -0.1) is 0 Å². The Hall–Kier alpha value is -3.42. The fourth-order valence-electron chi connectivity index (χ4n) is 4.27. The Morgan fingerprint density at radius 1 is 1.08 bits per heavy atom. The van der Waals surface area contributed by atoms with Crippen LogP contribution in [0.15, 0.2) is 54.6 Å². The lowest BCUT2D eigenvalue weighted by molar-refractivity contribution is -0.122. The van der Waals surface area contributed by atoms with Crippen LogP contribution in [0.5, 0.6) is 5.75 Å². The van der Waals surface area contributed by atoms with E-state index in [0.717, 1.165) is 34.3 Å². The molecule has 36 heavy (non-hydrogen) atoms. The first kappa shape index (κ1) is 25.7. The molecule has 1 N–H and O–H groups in total. The third-order valence-corrected chi connectivity index (χ3v) is 5.92. The van der Waals surface area contributed by atoms with Gasteiger partial charge < -0.3 is 19.5 Å². The molecule has 4 aromatic rings. The molecule has 0 atom stereocenters. The van der Waals surface area contributed by atoms with E-state index in [1.54, 1.807) is 12.1 Å². The van der Waals surface area contributed by atoms with Gasteiger partial charge in [0.2, 0.25) is 5.91 Å². The summed E-state index contributed by atoms with van der Waals surface area (Å²) >= 11 is 6.44. The fourth-order valence-corrected chi connectivity index (χ4v) is 4.52. The van der Waals surface area contributed by atoms with Gasteiger partial charge in [-0.2, -0.15) is 0 Å². The molecule has 0 spiro atoms. The first-order valence-corrected chi connectivity index (χ1v) is 12.1. The molecule has 0 saturated carbocycles. The lowest BCUT2D eigenvalue weighted by Crippen LogP contribution is -2.33. The third-order valence-electron chi connectivity index (χ3n) is 5.70. The fraction of sp³-hybridized carbons (Fsp3) is 0.286. The van der Waals surface area contributed by atoms with E-state index in [9.17, 15) is 9.18 Å². The molecule has 0 radical (unpaired) electrons. The highest BCUT2D eigenvalue weighted by atomic mass is 35.5. The summed E-state index contributed by atoms with van der Waals surface area (Å²) in [4.78, 5) is 19.7. The Kier molecular flexibility index (Phi) is 7.62. The monoisotopic (exact) mass is 508 g/mol. The maximum atomic E-state index is 14.1. The minimum Gasteiger partial charge on any atom is -0.494 e. The van der Waals surface area contributed by atoms with Crippen LogP contribution in [0, 0.1) is 5.82 Å². The molecule has 1 amide bonds. The number of aromatic nitrogens is 2. The SMILES string of the molecule is COc1cc(-c2nc3ccc(-c4cc(Cl)cc(CN(C)C)c4)cc3n2CC(=O)NC(C)C)ccc1F. The molecule has 0 fully saturated rings. The van der Waals surface area contributed by atoms with Crippen molar-refractivity contribution >= 4 is 28.5 Å². The van der Waals surface area contributed by atoms with E-state index in [4.69, 9.17) is 21.3 Å². The molecule has 6 nitrogen and oxygen atoms in total. The molecule has 0 aliphatic heterocycles. The number of carbonyl (C=O) groups excluding carboxylic acids is 1. The van der Waals surface area contributed by atoms with Crippen LogP contribution in [0.3, 0.4) is 0 Å². The predicted molar refractivity (Wildman–Crippen MR) is 143 cm³/mol. The number of benzene rings is 3. The van der Waals surface area contributed by atoms with E-state index in [-0.39, 0.29) is 24.2 Å². The lowest BCUT2D eigenvalue weighted by Gasteiger charge is -2.14. The Balaban J connectivity index is 1.87. The summed E-state index contributed by atoms with van der Waals surface area (Å²) in [5.41, 5.74) is 5.21. The number of nitrogens with one attached hydrogen (secondary N) is 1. The summed E-state index contributed by atoms with van der Waals surface area (Å²) < 4.78 is 21.1. The van der Waals surface area contributed by atoms with E-state index in [1.165, 1.54) is 13.2 Å². The normalized spacial score (nSPS) is 11.5. The standard InChI is InChI=1S/C28H30ClFN4O2/c1-17(2)31-27(35)16-34-25-13-19(21-10-18(15-33(3)4)11-22(29)12-21)7-9-24(25)32-28(34)20-6-8-23(30)26(14-20)36-5/h6-14,17H,15-16H2,1-5H3,(H,31,35). The highest BCUT2D eigenvalue weighted by molar-refractivity contribution is 6.31. The molecule has 8 heteroatoms. The van der Waals surface area contributed by atoms with Crippen molar-refractivity contribution < 1.29 is 13.9 Å². The first-order chi connectivity index (χ1) is 17.1. The van der Waals surface area contributed by atoms with Crippen molar-refractivity contribution in [1.29, 1.82) is 0 Å². The number of halogens is 2. The van der Waals surface area contributed by atoms with Crippen LogP contribution in [-0.2, 0) is 17.9 Å². The molecule has 0 aliphatic carbocycles. The number of carbonyl (C=O) groups is 1. The van der Waals surface area contributed by atoms with Gasteiger partial charge in [0.15, 0.2) is 11.6 Å². The van der Waals surface area contributed by atoms with Crippen LogP contribution >= 0.6 is 11.6 Å². The number of hydrogen-bond acceptors (Lipinski definition) is 4. The Morgan fingerprint density at radius 2 is 1.83 bits per heavy atom. The second-order valence-corrected chi connectivity index (χ2v) is 9.82. The molecule has 188 valence electrons. The second-order valence-electron chi connectivity index (χ2n) is 9.38. The molecular formula is C28H30ClFN4O2. The number of amides is 1. The highest BCUT2D eigenvalue weighted by Crippen LogP contribution is 2.32. The van der Waals surface area contributed by atoms with Gasteiger partial charge in [-0.1, -0.05) is 17.7 Å². The van der Waals surface area contributed by atoms with Crippen molar-refractivity contribution in [2.24, 2.45) is 0 Å². The molecule has 0 bridgehead atoms. The second kappa shape index (κ2) is 10.7. The zero-order valence-corrected chi connectivity index (χ0v) is 21.9. The van der Waals surface area contributed by atoms with Crippen LogP contribution in [0.25, 0.3) is 33.5 Å². The average Bonchev–Trinajstić information content (AvgIpc) is 3.15. The van der Waals surface area contributed by atoms with Crippen LogP contribution in [0.1, 0.15) is 19.4 Å². The minimum absolute atomic E-state index is 0.00112. The summed E-state index contributed by atoms with van der Waals surface area (Å²) in [5.74, 6) is 0.0730. The third kappa shape index (κ3) is 5.69. The Labute approximate surface area is 215 Å². The van der Waals surface area contributed by atoms with Gasteiger partial charge in [0.05, 0.1) is 18.1 Å². The zero-order chi connectivity index (χ0) is 26.0. The molecule has 3 aromatic carbocycles. The molecule has 0 unspecified atom stereocenters. The smallest absolute Gasteiger partial charge is 0.240 e. The maximum Gasteiger partial charge on any atom is 0.240 e. The van der Waals surface area contributed by atoms with Crippen molar-refractivity contribution in [3.05, 3.63) is 71.0 Å². The van der Waals surface area contributed by atoms with E-state index in [1.807, 2.05) is 62.8 Å². The quantitative estimate of drug-likeness (QED) is 0.329. The summed E-state index contributed by atoms with van der Waals surface area (Å²) in [5, 5.41) is 3.60. The summed E-state index contributed by atoms with van der Waals surface area (Å²) in [6.45, 7) is 4.66. The lowest BCUT2D eigenvalue weighted by atomic mass is 10.0. The number of nitrogens with zero attached hydrogens (tertiary/aromatic N) is 3. The Morgan fingerprint density at radius 3 is 2.53 bits per heavy atom. The van der Waals surface area contributed by atoms with Gasteiger partial charge in [0, 0.05) is 23.2 Å². The van der Waals surface area contributed by atoms with Crippen LogP contribution in [-0.4, -0.2) is 47.6 Å². The van der Waals surface area contributed by atoms with Crippen LogP contribution in [0.2, 0.25) is 5.02 Å². The number of methoxy groups -OCH3 is 1. The number of rotatable bonds is 8. The van der Waals surface area contributed by atoms with Crippen molar-refractivity contribution in [2.75, 3.05) is 21.2 Å². The molecule has 1 heterocycles. The largest absolute Gasteiger partial charge is 0.494 e. The van der Waals surface area contributed by atoms with E-state index in [0.29, 0.717) is 16.4 Å². The molecule has 0 aliphatic rings. The summed E-state index contributed by atoms with van der Waals surface area (Å²) in [6, 6.07) is 16.5. The number of ether oxygens (including phenoxy) is 1. The summed E-state index contributed by atoms with van der Waals surface area (Å²) in [7, 11) is 5.45. The molecule has 1 aromatic heterocycles. The van der Waals surface area contributed by atoms with Crippen molar-refractivity contribution in [2.45, 2.75) is 33.0 Å². The zero-order valence-electron chi connectivity index (χ0n) is 21.1. The molecule has 0 saturated heterocycles. The average molecular weight is 509 g/mol. The van der Waals surface area contributed by atoms with Gasteiger partial charge in [-0.25, -0.2) is 9.37 Å². The van der Waals surface area contributed by atoms with Crippen molar-refractivity contribution in [1.82, 2.24) is 19.8 Å². The topological polar surface area (TPSA) is 59.4 Å². The van der Waals surface area contributed by atoms with Gasteiger partial charge >= 0.3 is 0 Å². The van der Waals surface area contributed by atoms with Gasteiger partial charge in [0.1, 0.15) is 12.4 Å². The van der Waals surface area contributed by atoms with E-state index >= 15 is 0 Å². The van der Waals surface area contributed by atoms with Crippen molar-refractivity contribution in [3.63, 3.8) is 0 Å². The number of imidazole rings is 1. The predicted octanol–water partition coefficient (Wildman–Crippen LogP) is 5.76. The Bertz CT molecular complexity index is 1410. The number of hydrogen-bond donors (Lipinski definition) is 1. The van der Waals surface area contributed by atoms with E-state index in [2.05, 4.69) is 16.3 Å². The minimum atomic E-state index is -0.460. The maximum absolute atomic E-state index is 14.1. The van der Waals surface area contributed by atoms with Crippen LogP contribution in [0.4, 0.5) is 4.39 Å². The summed E-state index contributed by atoms with van der Waals surface area (Å²) in [6.07, 6.45) is 0. The van der Waals surface area contributed by atoms with Gasteiger partial charge in [-0.05, 0) is 93.2 Å². The first-order valence-electron chi connectivity index (χ1n) is 11.7. The van der Waals surface area contributed by atoms with Crippen LogP contribution < -0.4 is 10.1 Å². The van der Waals surface area contributed by atoms with E-state index < -0.39 is 5.82 Å². The molecule has 4 rings (SSSR count). The van der Waals surface area contributed by atoms with Gasteiger partial charge in [0.25, 0.3) is 0 Å². The highest BCUT2D eigenvalue weighted by Gasteiger charge is 2.18.